The molecule has 0 amide bonds. The Bertz CT molecular complexity index is 301. The molecule has 0 bridgehead atoms. The largest absolute Gasteiger partial charge is 0.343 e. The third-order valence-corrected chi connectivity index (χ3v) is 3.31. The summed E-state index contributed by atoms with van der Waals surface area (Å²) >= 11 is 0. The highest BCUT2D eigenvalue weighted by Gasteiger charge is 2.22. The Kier molecular flexibility index (Phi) is 4.94. The monoisotopic (exact) mass is 238 g/mol. The molecular weight excluding hydrogens is 216 g/mol. The van der Waals surface area contributed by atoms with Gasteiger partial charge in [0.1, 0.15) is 0 Å². The molecule has 2 rings (SSSR count). The van der Waals surface area contributed by atoms with E-state index in [0.717, 1.165) is 32.0 Å². The summed E-state index contributed by atoms with van der Waals surface area (Å²) < 4.78 is 4.79. The van der Waals surface area contributed by atoms with Crippen LogP contribution in [-0.4, -0.2) is 40.7 Å². The van der Waals surface area contributed by atoms with E-state index in [2.05, 4.69) is 27.3 Å². The summed E-state index contributed by atoms with van der Waals surface area (Å²) in [4.78, 5) is 6.57. The maximum absolute atomic E-state index is 4.79. The van der Waals surface area contributed by atoms with Crippen molar-refractivity contribution in [3.63, 3.8) is 0 Å². The van der Waals surface area contributed by atoms with Gasteiger partial charge < -0.3 is 9.84 Å². The van der Waals surface area contributed by atoms with E-state index in [1.54, 1.807) is 0 Å². The molecule has 0 aromatic carbocycles. The van der Waals surface area contributed by atoms with Crippen LogP contribution in [0.4, 0.5) is 0 Å². The van der Waals surface area contributed by atoms with Gasteiger partial charge in [-0.15, -0.1) is 0 Å². The van der Waals surface area contributed by atoms with Crippen molar-refractivity contribution in [2.75, 3.05) is 19.6 Å². The van der Waals surface area contributed by atoms with Crippen LogP contribution in [0.1, 0.15) is 38.4 Å². The summed E-state index contributed by atoms with van der Waals surface area (Å²) in [6.07, 6.45) is 6.49. The average Bonchev–Trinajstić information content (AvgIpc) is 2.84. The Morgan fingerprint density at radius 2 is 2.47 bits per heavy atom. The summed E-state index contributed by atoms with van der Waals surface area (Å²) in [6, 6.07) is 0.619. The number of likely N-dealkylation sites (tertiary alicyclic amines) is 1. The predicted molar refractivity (Wildman–Crippen MR) is 65.5 cm³/mol. The quantitative estimate of drug-likeness (QED) is 0.760. The minimum Gasteiger partial charge on any atom is -0.343 e. The lowest BCUT2D eigenvalue weighted by Crippen LogP contribution is -2.45. The number of hydrogen-bond donors (Lipinski definition) is 1. The smallest absolute Gasteiger partial charge is 0.213 e. The van der Waals surface area contributed by atoms with Crippen LogP contribution in [0.25, 0.3) is 0 Å². The van der Waals surface area contributed by atoms with Crippen molar-refractivity contribution in [1.29, 1.82) is 0 Å². The van der Waals surface area contributed by atoms with Crippen LogP contribution in [0, 0.1) is 0 Å². The van der Waals surface area contributed by atoms with E-state index >= 15 is 0 Å². The summed E-state index contributed by atoms with van der Waals surface area (Å²) in [5.41, 5.74) is 0. The van der Waals surface area contributed by atoms with Crippen LogP contribution < -0.4 is 5.32 Å². The minimum absolute atomic E-state index is 0.619. The number of piperidine rings is 1. The van der Waals surface area contributed by atoms with Gasteiger partial charge in [-0.05, 0) is 32.4 Å². The van der Waals surface area contributed by atoms with Crippen molar-refractivity contribution in [2.24, 2.45) is 0 Å². The van der Waals surface area contributed by atoms with Crippen molar-refractivity contribution in [1.82, 2.24) is 20.4 Å². The van der Waals surface area contributed by atoms with E-state index in [-0.39, 0.29) is 0 Å². The molecule has 0 saturated carbocycles. The molecule has 2 heterocycles. The topological polar surface area (TPSA) is 54.2 Å². The molecular formula is C12H22N4O. The standard InChI is InChI=1S/C12H22N4O/c1-2-6-13-8-11-5-3-4-7-16(11)9-12-14-10-17-15-12/h10-11,13H,2-9H2,1H3. The van der Waals surface area contributed by atoms with Crippen LogP contribution in [0.2, 0.25) is 0 Å². The molecule has 96 valence electrons. The Morgan fingerprint density at radius 1 is 1.53 bits per heavy atom. The first-order valence-corrected chi connectivity index (χ1v) is 6.60. The average molecular weight is 238 g/mol. The first-order valence-electron chi connectivity index (χ1n) is 6.60. The van der Waals surface area contributed by atoms with E-state index in [9.17, 15) is 0 Å². The predicted octanol–water partition coefficient (Wildman–Crippen LogP) is 1.42. The van der Waals surface area contributed by atoms with E-state index < -0.39 is 0 Å². The number of hydrogen-bond acceptors (Lipinski definition) is 5. The lowest BCUT2D eigenvalue weighted by Gasteiger charge is -2.35. The molecule has 1 fully saturated rings. The lowest BCUT2D eigenvalue weighted by atomic mass is 10.0. The molecule has 5 nitrogen and oxygen atoms in total. The van der Waals surface area contributed by atoms with Gasteiger partial charge in [0.15, 0.2) is 5.82 Å². The van der Waals surface area contributed by atoms with Crippen LogP contribution in [0.5, 0.6) is 0 Å². The van der Waals surface area contributed by atoms with Crippen LogP contribution in [0.3, 0.4) is 0 Å². The molecule has 1 aliphatic rings. The molecule has 1 aromatic rings. The van der Waals surface area contributed by atoms with Crippen molar-refractivity contribution in [3.05, 3.63) is 12.2 Å². The highest BCUT2D eigenvalue weighted by atomic mass is 16.5. The van der Waals surface area contributed by atoms with E-state index in [1.807, 2.05) is 0 Å². The van der Waals surface area contributed by atoms with Crippen molar-refractivity contribution < 1.29 is 4.52 Å². The number of nitrogens with zero attached hydrogens (tertiary/aromatic N) is 3. The first-order chi connectivity index (χ1) is 8.40. The van der Waals surface area contributed by atoms with E-state index in [0.29, 0.717) is 6.04 Å². The van der Waals surface area contributed by atoms with Gasteiger partial charge in [-0.2, -0.15) is 4.98 Å². The molecule has 0 spiro atoms. The zero-order valence-corrected chi connectivity index (χ0v) is 10.6. The van der Waals surface area contributed by atoms with Crippen LogP contribution in [-0.2, 0) is 6.54 Å². The van der Waals surface area contributed by atoms with Crippen LogP contribution in [0.15, 0.2) is 10.9 Å². The maximum atomic E-state index is 4.79. The van der Waals surface area contributed by atoms with Gasteiger partial charge in [-0.25, -0.2) is 0 Å². The fraction of sp³-hybridized carbons (Fsp3) is 0.833. The van der Waals surface area contributed by atoms with Gasteiger partial charge >= 0.3 is 0 Å². The van der Waals surface area contributed by atoms with Crippen molar-refractivity contribution >= 4 is 0 Å². The summed E-state index contributed by atoms with van der Waals surface area (Å²) in [5.74, 6) is 0.799. The molecule has 1 N–H and O–H groups in total. The number of rotatable bonds is 6. The minimum atomic E-state index is 0.619. The number of nitrogens with one attached hydrogen (secondary N) is 1. The van der Waals surface area contributed by atoms with Gasteiger partial charge in [0, 0.05) is 12.6 Å². The van der Waals surface area contributed by atoms with Gasteiger partial charge in [0.25, 0.3) is 0 Å². The summed E-state index contributed by atoms with van der Waals surface area (Å²) in [6.45, 7) is 6.34. The molecule has 17 heavy (non-hydrogen) atoms. The highest BCUT2D eigenvalue weighted by molar-refractivity contribution is 4.85. The Morgan fingerprint density at radius 3 is 3.24 bits per heavy atom. The second kappa shape index (κ2) is 6.71. The fourth-order valence-corrected chi connectivity index (χ4v) is 2.39. The maximum Gasteiger partial charge on any atom is 0.213 e. The molecule has 1 atom stereocenters. The van der Waals surface area contributed by atoms with Gasteiger partial charge in [0.2, 0.25) is 6.39 Å². The highest BCUT2D eigenvalue weighted by Crippen LogP contribution is 2.18. The fourth-order valence-electron chi connectivity index (χ4n) is 2.39. The first kappa shape index (κ1) is 12.5. The molecule has 1 aliphatic heterocycles. The molecule has 5 heteroatoms. The molecule has 1 aromatic heterocycles. The van der Waals surface area contributed by atoms with Crippen molar-refractivity contribution in [3.8, 4) is 0 Å². The third kappa shape index (κ3) is 3.78. The summed E-state index contributed by atoms with van der Waals surface area (Å²) in [7, 11) is 0. The summed E-state index contributed by atoms with van der Waals surface area (Å²) in [5, 5.41) is 7.40. The third-order valence-electron chi connectivity index (χ3n) is 3.31. The van der Waals surface area contributed by atoms with Crippen LogP contribution >= 0.6 is 0 Å². The SMILES string of the molecule is CCCNCC1CCCCN1Cc1ncon1. The van der Waals surface area contributed by atoms with Crippen molar-refractivity contribution in [2.45, 2.75) is 45.2 Å². The van der Waals surface area contributed by atoms with E-state index in [4.69, 9.17) is 4.52 Å². The van der Waals surface area contributed by atoms with E-state index in [1.165, 1.54) is 32.1 Å². The Labute approximate surface area is 103 Å². The molecule has 0 aliphatic carbocycles. The normalized spacial score (nSPS) is 21.8. The Hall–Kier alpha value is -0.940. The second-order valence-electron chi connectivity index (χ2n) is 4.67. The van der Waals surface area contributed by atoms with Gasteiger partial charge in [-0.1, -0.05) is 18.5 Å². The zero-order chi connectivity index (χ0) is 11.9. The second-order valence-corrected chi connectivity index (χ2v) is 4.67. The van der Waals surface area contributed by atoms with Gasteiger partial charge in [-0.3, -0.25) is 4.90 Å². The van der Waals surface area contributed by atoms with Gasteiger partial charge in [0.05, 0.1) is 6.54 Å². The zero-order valence-electron chi connectivity index (χ0n) is 10.6. The number of aromatic nitrogens is 2. The molecule has 1 saturated heterocycles. The lowest BCUT2D eigenvalue weighted by molar-refractivity contribution is 0.133. The molecule has 0 radical (unpaired) electrons. The molecule has 1 unspecified atom stereocenters. The Balaban J connectivity index is 1.83.